The zero-order chi connectivity index (χ0) is 12.7. The molecule has 18 heavy (non-hydrogen) atoms. The minimum Gasteiger partial charge on any atom is -0.321 e. The summed E-state index contributed by atoms with van der Waals surface area (Å²) < 4.78 is 0. The Kier molecular flexibility index (Phi) is 2.90. The van der Waals surface area contributed by atoms with Crippen LogP contribution in [0.5, 0.6) is 0 Å². The van der Waals surface area contributed by atoms with Gasteiger partial charge in [-0.25, -0.2) is 0 Å². The lowest BCUT2D eigenvalue weighted by molar-refractivity contribution is -0.110. The van der Waals surface area contributed by atoms with Crippen molar-refractivity contribution in [1.29, 1.82) is 0 Å². The van der Waals surface area contributed by atoms with Gasteiger partial charge in [-0.3, -0.25) is 4.79 Å². The Morgan fingerprint density at radius 2 is 2.00 bits per heavy atom. The van der Waals surface area contributed by atoms with Gasteiger partial charge in [-0.2, -0.15) is 0 Å². The van der Waals surface area contributed by atoms with E-state index in [9.17, 15) is 4.79 Å². The molecule has 1 aliphatic heterocycles. The maximum atomic E-state index is 11.9. The minimum absolute atomic E-state index is 0.114. The van der Waals surface area contributed by atoms with E-state index >= 15 is 0 Å². The molecule has 0 atom stereocenters. The van der Waals surface area contributed by atoms with Gasteiger partial charge in [0.05, 0.1) is 16.3 Å². The largest absolute Gasteiger partial charge is 0.321 e. The summed E-state index contributed by atoms with van der Waals surface area (Å²) in [5.41, 5.74) is 2.26. The Balaban J connectivity index is 2.09. The van der Waals surface area contributed by atoms with Gasteiger partial charge in [0.2, 0.25) is 0 Å². The van der Waals surface area contributed by atoms with E-state index < -0.39 is 0 Å². The van der Waals surface area contributed by atoms with Crippen LogP contribution in [0.2, 0.25) is 10.0 Å². The van der Waals surface area contributed by atoms with E-state index in [1.807, 2.05) is 23.6 Å². The first-order chi connectivity index (χ1) is 8.63. The topological polar surface area (TPSA) is 29.1 Å². The van der Waals surface area contributed by atoms with Crippen LogP contribution in [0.25, 0.3) is 11.6 Å². The van der Waals surface area contributed by atoms with Gasteiger partial charge in [0.1, 0.15) is 0 Å². The van der Waals surface area contributed by atoms with Gasteiger partial charge in [0, 0.05) is 20.8 Å². The summed E-state index contributed by atoms with van der Waals surface area (Å²) in [5, 5.41) is 5.92. The van der Waals surface area contributed by atoms with Crippen LogP contribution in [0.4, 0.5) is 5.69 Å². The Labute approximate surface area is 118 Å². The molecular weight excluding hydrogens is 289 g/mol. The number of rotatable bonds is 1. The van der Waals surface area contributed by atoms with Crippen LogP contribution in [0.15, 0.2) is 29.6 Å². The molecule has 3 rings (SSSR count). The summed E-state index contributed by atoms with van der Waals surface area (Å²) in [6, 6.07) is 7.20. The number of benzene rings is 1. The number of thiophene rings is 1. The summed E-state index contributed by atoms with van der Waals surface area (Å²) in [7, 11) is 0. The van der Waals surface area contributed by atoms with Crippen molar-refractivity contribution in [3.05, 3.63) is 50.1 Å². The molecule has 1 aromatic carbocycles. The van der Waals surface area contributed by atoms with E-state index in [0.717, 1.165) is 16.1 Å². The molecular formula is C13H7Cl2NOS. The van der Waals surface area contributed by atoms with Gasteiger partial charge < -0.3 is 5.32 Å². The number of halogens is 2. The molecule has 0 radical (unpaired) electrons. The van der Waals surface area contributed by atoms with Crippen molar-refractivity contribution in [3.8, 4) is 0 Å². The van der Waals surface area contributed by atoms with Crippen LogP contribution in [0.1, 0.15) is 10.4 Å². The third-order valence-electron chi connectivity index (χ3n) is 2.64. The van der Waals surface area contributed by atoms with Crippen LogP contribution in [0, 0.1) is 0 Å². The molecule has 0 bridgehead atoms. The number of anilines is 1. The van der Waals surface area contributed by atoms with E-state index in [-0.39, 0.29) is 5.91 Å². The van der Waals surface area contributed by atoms with Crippen molar-refractivity contribution in [2.24, 2.45) is 0 Å². The molecule has 1 aromatic heterocycles. The fraction of sp³-hybridized carbons (Fsp3) is 0. The van der Waals surface area contributed by atoms with Crippen LogP contribution in [0.3, 0.4) is 0 Å². The van der Waals surface area contributed by atoms with Crippen LogP contribution in [-0.4, -0.2) is 5.91 Å². The molecule has 0 saturated carbocycles. The van der Waals surface area contributed by atoms with Gasteiger partial charge in [-0.1, -0.05) is 29.3 Å². The second kappa shape index (κ2) is 4.43. The molecule has 2 heterocycles. The third-order valence-corrected chi connectivity index (χ3v) is 4.10. The highest BCUT2D eigenvalue weighted by Gasteiger charge is 2.24. The number of hydrogen-bond acceptors (Lipinski definition) is 2. The van der Waals surface area contributed by atoms with Gasteiger partial charge in [-0.05, 0) is 24.3 Å². The molecule has 0 spiro atoms. The fourth-order valence-electron chi connectivity index (χ4n) is 1.86. The Hall–Kier alpha value is -1.29. The third kappa shape index (κ3) is 2.05. The number of nitrogens with one attached hydrogen (secondary N) is 1. The smallest absolute Gasteiger partial charge is 0.256 e. The highest BCUT2D eigenvalue weighted by atomic mass is 35.5. The number of carbonyl (C=O) groups excluding carboxylic acids is 1. The molecule has 2 nitrogen and oxygen atoms in total. The van der Waals surface area contributed by atoms with Gasteiger partial charge >= 0.3 is 0 Å². The van der Waals surface area contributed by atoms with E-state index in [1.165, 1.54) is 11.3 Å². The van der Waals surface area contributed by atoms with Crippen molar-refractivity contribution < 1.29 is 4.79 Å². The molecule has 2 aromatic rings. The van der Waals surface area contributed by atoms with Gasteiger partial charge in [0.15, 0.2) is 0 Å². The van der Waals surface area contributed by atoms with Crippen LogP contribution >= 0.6 is 34.5 Å². The molecule has 1 aliphatic rings. The molecule has 5 heteroatoms. The highest BCUT2D eigenvalue weighted by Crippen LogP contribution is 2.35. The fourth-order valence-corrected chi connectivity index (χ4v) is 3.04. The standard InChI is InChI=1S/C13H7Cl2NOS/c14-7-1-2-10-11(13(17)16-12(10)4-7)5-9-3-8(15)6-18-9/h1-6H,(H,16,17)/b11-5-. The van der Waals surface area contributed by atoms with Crippen LogP contribution < -0.4 is 5.32 Å². The monoisotopic (exact) mass is 295 g/mol. The summed E-state index contributed by atoms with van der Waals surface area (Å²) >= 11 is 13.3. The zero-order valence-corrected chi connectivity index (χ0v) is 11.4. The summed E-state index contributed by atoms with van der Waals surface area (Å²) in [5.74, 6) is -0.114. The van der Waals surface area contributed by atoms with E-state index in [2.05, 4.69) is 5.32 Å². The maximum Gasteiger partial charge on any atom is 0.256 e. The van der Waals surface area contributed by atoms with Crippen molar-refractivity contribution in [3.63, 3.8) is 0 Å². The first-order valence-electron chi connectivity index (χ1n) is 5.20. The lowest BCUT2D eigenvalue weighted by atomic mass is 10.1. The van der Waals surface area contributed by atoms with Gasteiger partial charge in [0.25, 0.3) is 5.91 Å². The predicted molar refractivity (Wildman–Crippen MR) is 77.3 cm³/mol. The average molecular weight is 296 g/mol. The molecule has 90 valence electrons. The van der Waals surface area contributed by atoms with Crippen molar-refractivity contribution in [1.82, 2.24) is 0 Å². The first-order valence-corrected chi connectivity index (χ1v) is 6.84. The summed E-state index contributed by atoms with van der Waals surface area (Å²) in [6.07, 6.45) is 1.84. The number of amides is 1. The zero-order valence-electron chi connectivity index (χ0n) is 9.04. The minimum atomic E-state index is -0.114. The Morgan fingerprint density at radius 1 is 1.17 bits per heavy atom. The molecule has 0 fully saturated rings. The maximum absolute atomic E-state index is 11.9. The molecule has 1 amide bonds. The molecule has 1 N–H and O–H groups in total. The van der Waals surface area contributed by atoms with E-state index in [1.54, 1.807) is 12.1 Å². The second-order valence-corrected chi connectivity index (χ2v) is 5.69. The molecule has 0 saturated heterocycles. The average Bonchev–Trinajstić information content (AvgIpc) is 2.84. The quantitative estimate of drug-likeness (QED) is 0.769. The van der Waals surface area contributed by atoms with Gasteiger partial charge in [-0.15, -0.1) is 11.3 Å². The normalized spacial score (nSPS) is 15.9. The lowest BCUT2D eigenvalue weighted by Gasteiger charge is -1.97. The van der Waals surface area contributed by atoms with E-state index in [0.29, 0.717) is 15.6 Å². The molecule has 0 aliphatic carbocycles. The second-order valence-electron chi connectivity index (χ2n) is 3.87. The number of hydrogen-bond donors (Lipinski definition) is 1. The number of carbonyl (C=O) groups is 1. The summed E-state index contributed by atoms with van der Waals surface area (Å²) in [4.78, 5) is 12.9. The van der Waals surface area contributed by atoms with Crippen molar-refractivity contribution in [2.75, 3.05) is 5.32 Å². The highest BCUT2D eigenvalue weighted by molar-refractivity contribution is 7.11. The predicted octanol–water partition coefficient (Wildman–Crippen LogP) is 4.55. The number of fused-ring (bicyclic) bond motifs is 1. The van der Waals surface area contributed by atoms with Crippen LogP contribution in [-0.2, 0) is 4.79 Å². The Bertz CT molecular complexity index is 675. The SMILES string of the molecule is O=C1Nc2cc(Cl)ccc2/C1=C/c1cc(Cl)cs1. The summed E-state index contributed by atoms with van der Waals surface area (Å²) in [6.45, 7) is 0. The molecule has 0 unspecified atom stereocenters. The first kappa shape index (κ1) is 11.8. The van der Waals surface area contributed by atoms with Crippen molar-refractivity contribution in [2.45, 2.75) is 0 Å². The Morgan fingerprint density at radius 3 is 2.72 bits per heavy atom. The van der Waals surface area contributed by atoms with E-state index in [4.69, 9.17) is 23.2 Å². The van der Waals surface area contributed by atoms with Crippen molar-refractivity contribution >= 4 is 57.8 Å². The lowest BCUT2D eigenvalue weighted by Crippen LogP contribution is -2.03.